The molecule has 1 atom stereocenters. The molecule has 18 heavy (non-hydrogen) atoms. The Kier molecular flexibility index (Phi) is 3.54. The largest absolute Gasteiger partial charge is 0.366 e. The minimum Gasteiger partial charge on any atom is -0.366 e. The molecule has 0 aliphatic carbocycles. The fourth-order valence-corrected chi connectivity index (χ4v) is 1.99. The lowest BCUT2D eigenvalue weighted by Gasteiger charge is -2.13. The molecule has 0 fully saturated rings. The van der Waals surface area contributed by atoms with Gasteiger partial charge in [-0.2, -0.15) is 10.4 Å². The van der Waals surface area contributed by atoms with Gasteiger partial charge in [0.15, 0.2) is 0 Å². The molecule has 0 saturated heterocycles. The van der Waals surface area contributed by atoms with E-state index in [9.17, 15) is 5.26 Å². The molecule has 2 rings (SSSR count). The number of anilines is 1. The molecule has 0 aliphatic rings. The van der Waals surface area contributed by atoms with Gasteiger partial charge in [0, 0.05) is 22.0 Å². The van der Waals surface area contributed by atoms with E-state index in [-0.39, 0.29) is 0 Å². The van der Waals surface area contributed by atoms with E-state index in [4.69, 9.17) is 11.6 Å². The molecule has 1 aromatic heterocycles. The van der Waals surface area contributed by atoms with Gasteiger partial charge < -0.3 is 5.32 Å². The number of benzene rings is 1. The van der Waals surface area contributed by atoms with Crippen molar-refractivity contribution in [3.63, 3.8) is 0 Å². The zero-order valence-electron chi connectivity index (χ0n) is 10.2. The lowest BCUT2D eigenvalue weighted by Crippen LogP contribution is -2.10. The van der Waals surface area contributed by atoms with Crippen LogP contribution in [0.5, 0.6) is 0 Å². The molecule has 1 heterocycles. The maximum absolute atomic E-state index is 9.28. The lowest BCUT2D eigenvalue weighted by atomic mass is 10.1. The molecular weight excluding hydrogens is 248 g/mol. The van der Waals surface area contributed by atoms with Crippen molar-refractivity contribution in [1.82, 2.24) is 10.2 Å². The summed E-state index contributed by atoms with van der Waals surface area (Å²) in [6.07, 6.45) is 0. The van der Waals surface area contributed by atoms with E-state index in [1.165, 1.54) is 0 Å². The van der Waals surface area contributed by atoms with E-state index in [0.717, 1.165) is 22.6 Å². The smallest absolute Gasteiger partial charge is 0.143 e. The van der Waals surface area contributed by atoms with Gasteiger partial charge in [-0.25, -0.2) is 0 Å². The summed E-state index contributed by atoms with van der Waals surface area (Å²) >= 11 is 5.82. The number of hydrogen-bond donors (Lipinski definition) is 2. The maximum Gasteiger partial charge on any atom is 0.143 e. The topological polar surface area (TPSA) is 64.5 Å². The highest BCUT2D eigenvalue weighted by Gasteiger charge is 2.17. The Hall–Kier alpha value is -1.99. The molecule has 1 aromatic carbocycles. The number of nitrogens with one attached hydrogen (secondary N) is 2. The van der Waals surface area contributed by atoms with Gasteiger partial charge in [0.1, 0.15) is 6.04 Å². The first-order chi connectivity index (χ1) is 8.61. The van der Waals surface area contributed by atoms with Crippen molar-refractivity contribution in [2.75, 3.05) is 5.32 Å². The molecule has 0 saturated carbocycles. The summed E-state index contributed by atoms with van der Waals surface area (Å²) in [5.74, 6) is 0. The van der Waals surface area contributed by atoms with Gasteiger partial charge in [0.2, 0.25) is 0 Å². The van der Waals surface area contributed by atoms with E-state index in [1.54, 1.807) is 12.1 Å². The molecule has 2 aromatic rings. The van der Waals surface area contributed by atoms with Gasteiger partial charge >= 0.3 is 0 Å². The molecule has 2 N–H and O–H groups in total. The van der Waals surface area contributed by atoms with Crippen LogP contribution in [0, 0.1) is 25.2 Å². The summed E-state index contributed by atoms with van der Waals surface area (Å²) in [6.45, 7) is 3.79. The standard InChI is InChI=1S/C13H13ClN4/c1-8-13(9(2)18-17-8)12(7-15)16-11-5-3-10(14)4-6-11/h3-6,12,16H,1-2H3,(H,17,18). The summed E-state index contributed by atoms with van der Waals surface area (Å²) in [4.78, 5) is 0. The van der Waals surface area contributed by atoms with Gasteiger partial charge in [-0.15, -0.1) is 0 Å². The predicted molar refractivity (Wildman–Crippen MR) is 71.5 cm³/mol. The highest BCUT2D eigenvalue weighted by atomic mass is 35.5. The van der Waals surface area contributed by atoms with Crippen molar-refractivity contribution in [3.05, 3.63) is 46.2 Å². The van der Waals surface area contributed by atoms with Gasteiger partial charge in [0.25, 0.3) is 0 Å². The van der Waals surface area contributed by atoms with Crippen LogP contribution < -0.4 is 5.32 Å². The third-order valence-electron chi connectivity index (χ3n) is 2.76. The summed E-state index contributed by atoms with van der Waals surface area (Å²) in [6, 6.07) is 9.08. The number of nitrogens with zero attached hydrogens (tertiary/aromatic N) is 2. The van der Waals surface area contributed by atoms with Crippen LogP contribution in [0.2, 0.25) is 5.02 Å². The van der Waals surface area contributed by atoms with Gasteiger partial charge in [-0.1, -0.05) is 11.6 Å². The number of aromatic amines is 1. The van der Waals surface area contributed by atoms with E-state index >= 15 is 0 Å². The van der Waals surface area contributed by atoms with E-state index in [0.29, 0.717) is 5.02 Å². The molecular formula is C13H13ClN4. The summed E-state index contributed by atoms with van der Waals surface area (Å²) < 4.78 is 0. The number of H-pyrrole nitrogens is 1. The zero-order valence-corrected chi connectivity index (χ0v) is 10.9. The van der Waals surface area contributed by atoms with Crippen LogP contribution in [-0.2, 0) is 0 Å². The average molecular weight is 261 g/mol. The van der Waals surface area contributed by atoms with Gasteiger partial charge in [-0.05, 0) is 38.1 Å². The molecule has 92 valence electrons. The van der Waals surface area contributed by atoms with Crippen LogP contribution in [0.1, 0.15) is 23.0 Å². The van der Waals surface area contributed by atoms with Crippen molar-refractivity contribution in [3.8, 4) is 6.07 Å². The van der Waals surface area contributed by atoms with Crippen molar-refractivity contribution in [2.24, 2.45) is 0 Å². The molecule has 1 unspecified atom stereocenters. The Bertz CT molecular complexity index is 561. The van der Waals surface area contributed by atoms with Crippen molar-refractivity contribution < 1.29 is 0 Å². The number of hydrogen-bond acceptors (Lipinski definition) is 3. The monoisotopic (exact) mass is 260 g/mol. The van der Waals surface area contributed by atoms with Crippen LogP contribution in [0.4, 0.5) is 5.69 Å². The second kappa shape index (κ2) is 5.11. The highest BCUT2D eigenvalue weighted by molar-refractivity contribution is 6.30. The summed E-state index contributed by atoms with van der Waals surface area (Å²) in [5, 5.41) is 20.1. The highest BCUT2D eigenvalue weighted by Crippen LogP contribution is 2.24. The fraction of sp³-hybridized carbons (Fsp3) is 0.231. The SMILES string of the molecule is Cc1n[nH]c(C)c1C(C#N)Nc1ccc(Cl)cc1. The van der Waals surface area contributed by atoms with E-state index < -0.39 is 6.04 Å². The first-order valence-corrected chi connectivity index (χ1v) is 5.93. The molecule has 4 nitrogen and oxygen atoms in total. The Morgan fingerprint density at radius 3 is 2.50 bits per heavy atom. The molecule has 0 bridgehead atoms. The van der Waals surface area contributed by atoms with Crippen LogP contribution in [0.3, 0.4) is 0 Å². The quantitative estimate of drug-likeness (QED) is 0.889. The molecule has 0 spiro atoms. The minimum absolute atomic E-state index is 0.426. The minimum atomic E-state index is -0.426. The average Bonchev–Trinajstić information content (AvgIpc) is 2.69. The van der Waals surface area contributed by atoms with E-state index in [2.05, 4.69) is 21.6 Å². The number of rotatable bonds is 3. The second-order valence-electron chi connectivity index (χ2n) is 4.06. The second-order valence-corrected chi connectivity index (χ2v) is 4.50. The fourth-order valence-electron chi connectivity index (χ4n) is 1.87. The summed E-state index contributed by atoms with van der Waals surface area (Å²) in [7, 11) is 0. The molecule has 0 aliphatic heterocycles. The third kappa shape index (κ3) is 2.47. The summed E-state index contributed by atoms with van der Waals surface area (Å²) in [5.41, 5.74) is 3.49. The molecule has 0 radical (unpaired) electrons. The lowest BCUT2D eigenvalue weighted by molar-refractivity contribution is 0.969. The van der Waals surface area contributed by atoms with Gasteiger partial charge in [0.05, 0.1) is 11.8 Å². The number of aryl methyl sites for hydroxylation is 2. The number of nitriles is 1. The first kappa shape index (κ1) is 12.5. The van der Waals surface area contributed by atoms with Crippen LogP contribution in [0.15, 0.2) is 24.3 Å². The molecule has 5 heteroatoms. The Labute approximate surface area is 111 Å². The Morgan fingerprint density at radius 2 is 2.00 bits per heavy atom. The number of aromatic nitrogens is 2. The van der Waals surface area contributed by atoms with Crippen molar-refractivity contribution in [1.29, 1.82) is 5.26 Å². The first-order valence-electron chi connectivity index (χ1n) is 5.55. The van der Waals surface area contributed by atoms with E-state index in [1.807, 2.05) is 26.0 Å². The Morgan fingerprint density at radius 1 is 1.33 bits per heavy atom. The van der Waals surface area contributed by atoms with Crippen molar-refractivity contribution >= 4 is 17.3 Å². The predicted octanol–water partition coefficient (Wildman–Crippen LogP) is 3.36. The van der Waals surface area contributed by atoms with Crippen molar-refractivity contribution in [2.45, 2.75) is 19.9 Å². The maximum atomic E-state index is 9.28. The third-order valence-corrected chi connectivity index (χ3v) is 3.01. The molecule has 0 amide bonds. The van der Waals surface area contributed by atoms with Crippen LogP contribution >= 0.6 is 11.6 Å². The van der Waals surface area contributed by atoms with Crippen LogP contribution in [0.25, 0.3) is 0 Å². The van der Waals surface area contributed by atoms with Crippen LogP contribution in [-0.4, -0.2) is 10.2 Å². The van der Waals surface area contributed by atoms with Gasteiger partial charge in [-0.3, -0.25) is 5.10 Å². The Balaban J connectivity index is 2.26. The number of halogens is 1. The zero-order chi connectivity index (χ0) is 13.1. The normalized spacial score (nSPS) is 11.9.